The molecule has 0 saturated heterocycles. The van der Waals surface area contributed by atoms with Crippen LogP contribution in [0.2, 0.25) is 0 Å². The smallest absolute Gasteiger partial charge is 0.241 e. The predicted molar refractivity (Wildman–Crippen MR) is 79.4 cm³/mol. The maximum Gasteiger partial charge on any atom is 0.241 e. The van der Waals surface area contributed by atoms with E-state index in [4.69, 9.17) is 5.73 Å². The Kier molecular flexibility index (Phi) is 4.53. The molecule has 0 spiro atoms. The molecule has 5 heteroatoms. The average Bonchev–Trinajstić information content (AvgIpc) is 2.88. The first-order chi connectivity index (χ1) is 9.56. The predicted octanol–water partition coefficient (Wildman–Crippen LogP) is 1.97. The van der Waals surface area contributed by atoms with Crippen LogP contribution < -0.4 is 11.1 Å². The van der Waals surface area contributed by atoms with Gasteiger partial charge in [-0.25, -0.2) is 0 Å². The summed E-state index contributed by atoms with van der Waals surface area (Å²) in [6, 6.07) is 9.43. The lowest BCUT2D eigenvalue weighted by Crippen LogP contribution is -2.37. The number of amides is 1. The molecule has 106 valence electrons. The van der Waals surface area contributed by atoms with Gasteiger partial charge in [0.05, 0.1) is 17.9 Å². The van der Waals surface area contributed by atoms with E-state index in [2.05, 4.69) is 10.4 Å². The first-order valence-corrected chi connectivity index (χ1v) is 6.71. The highest BCUT2D eigenvalue weighted by molar-refractivity contribution is 5.94. The minimum absolute atomic E-state index is 0.197. The molecule has 0 radical (unpaired) electrons. The van der Waals surface area contributed by atoms with Gasteiger partial charge in [-0.15, -0.1) is 0 Å². The van der Waals surface area contributed by atoms with Crippen LogP contribution in [-0.4, -0.2) is 21.7 Å². The van der Waals surface area contributed by atoms with Crippen molar-refractivity contribution in [3.05, 3.63) is 48.3 Å². The maximum absolute atomic E-state index is 12.0. The van der Waals surface area contributed by atoms with Crippen LogP contribution in [0.15, 0.2) is 42.7 Å². The summed E-state index contributed by atoms with van der Waals surface area (Å²) < 4.78 is 1.79. The van der Waals surface area contributed by atoms with Crippen LogP contribution in [0.25, 0.3) is 0 Å². The molecule has 0 saturated carbocycles. The fraction of sp³-hybridized carbons (Fsp3) is 0.333. The number of carbonyl (C=O) groups is 1. The van der Waals surface area contributed by atoms with Gasteiger partial charge in [0.1, 0.15) is 0 Å². The molecule has 1 heterocycles. The highest BCUT2D eigenvalue weighted by Crippen LogP contribution is 2.10. The molecular formula is C15H20N4O. The van der Waals surface area contributed by atoms with Crippen molar-refractivity contribution in [2.75, 3.05) is 5.32 Å². The van der Waals surface area contributed by atoms with Gasteiger partial charge in [-0.1, -0.05) is 30.3 Å². The number of anilines is 1. The maximum atomic E-state index is 12.0. The summed E-state index contributed by atoms with van der Waals surface area (Å²) in [5, 5.41) is 6.96. The molecule has 0 aliphatic carbocycles. The van der Waals surface area contributed by atoms with Crippen LogP contribution in [0.1, 0.15) is 25.5 Å². The molecular weight excluding hydrogens is 252 g/mol. The molecule has 0 fully saturated rings. The van der Waals surface area contributed by atoms with Gasteiger partial charge in [0.25, 0.3) is 0 Å². The summed E-state index contributed by atoms with van der Waals surface area (Å²) in [7, 11) is 0. The fourth-order valence-electron chi connectivity index (χ4n) is 1.88. The molecule has 1 amide bonds. The Morgan fingerprint density at radius 2 is 2.05 bits per heavy atom. The highest BCUT2D eigenvalue weighted by atomic mass is 16.2. The summed E-state index contributed by atoms with van der Waals surface area (Å²) in [4.78, 5) is 12.0. The molecule has 0 aliphatic rings. The van der Waals surface area contributed by atoms with Gasteiger partial charge >= 0.3 is 0 Å². The van der Waals surface area contributed by atoms with E-state index >= 15 is 0 Å². The van der Waals surface area contributed by atoms with E-state index in [0.29, 0.717) is 12.1 Å². The van der Waals surface area contributed by atoms with Gasteiger partial charge in [0.15, 0.2) is 0 Å². The Bertz CT molecular complexity index is 562. The number of hydrogen-bond donors (Lipinski definition) is 2. The number of nitrogens with one attached hydrogen (secondary N) is 1. The molecule has 1 aromatic heterocycles. The van der Waals surface area contributed by atoms with Crippen molar-refractivity contribution >= 4 is 11.6 Å². The van der Waals surface area contributed by atoms with Gasteiger partial charge in [-0.2, -0.15) is 5.10 Å². The van der Waals surface area contributed by atoms with Crippen LogP contribution in [0.4, 0.5) is 5.69 Å². The number of rotatable bonds is 5. The van der Waals surface area contributed by atoms with Crippen LogP contribution in [-0.2, 0) is 11.2 Å². The van der Waals surface area contributed by atoms with Gasteiger partial charge in [0.2, 0.25) is 5.91 Å². The van der Waals surface area contributed by atoms with Crippen molar-refractivity contribution in [1.82, 2.24) is 9.78 Å². The monoisotopic (exact) mass is 272 g/mol. The number of nitrogens with zero attached hydrogens (tertiary/aromatic N) is 2. The number of hydrogen-bond acceptors (Lipinski definition) is 3. The summed E-state index contributed by atoms with van der Waals surface area (Å²) in [6.07, 6.45) is 3.95. The van der Waals surface area contributed by atoms with Crippen LogP contribution in [0, 0.1) is 0 Å². The first kappa shape index (κ1) is 14.3. The lowest BCUT2D eigenvalue weighted by molar-refractivity contribution is -0.117. The highest BCUT2D eigenvalue weighted by Gasteiger charge is 2.15. The lowest BCUT2D eigenvalue weighted by atomic mass is 10.1. The Balaban J connectivity index is 1.93. The van der Waals surface area contributed by atoms with Gasteiger partial charge in [-0.05, 0) is 25.8 Å². The third kappa shape index (κ3) is 3.68. The van der Waals surface area contributed by atoms with Crippen LogP contribution in [0.5, 0.6) is 0 Å². The molecule has 2 aromatic rings. The summed E-state index contributed by atoms with van der Waals surface area (Å²) in [5.41, 5.74) is 7.65. The Hall–Kier alpha value is -2.14. The minimum Gasteiger partial charge on any atom is -0.322 e. The summed E-state index contributed by atoms with van der Waals surface area (Å²) >= 11 is 0. The molecule has 5 nitrogen and oxygen atoms in total. The summed E-state index contributed by atoms with van der Waals surface area (Å²) in [5.74, 6) is -0.197. The molecule has 0 bridgehead atoms. The average molecular weight is 272 g/mol. The molecule has 3 N–H and O–H groups in total. The number of benzene rings is 1. The van der Waals surface area contributed by atoms with Crippen molar-refractivity contribution in [2.45, 2.75) is 32.4 Å². The zero-order valence-corrected chi connectivity index (χ0v) is 11.8. The van der Waals surface area contributed by atoms with E-state index in [1.165, 1.54) is 0 Å². The molecule has 0 aliphatic heterocycles. The second kappa shape index (κ2) is 6.34. The standard InChI is InChI=1S/C15H20N4O/c1-11(2)19-10-13(9-17-19)18-15(20)14(16)8-12-6-4-3-5-7-12/h3-7,9-11,14H,8,16H2,1-2H3,(H,18,20)/t14-/m1/s1. The molecule has 2 rings (SSSR count). The largest absolute Gasteiger partial charge is 0.322 e. The second-order valence-corrected chi connectivity index (χ2v) is 5.09. The Morgan fingerprint density at radius 1 is 1.35 bits per heavy atom. The van der Waals surface area contributed by atoms with Gasteiger partial charge in [-0.3, -0.25) is 9.48 Å². The van der Waals surface area contributed by atoms with Crippen LogP contribution in [0.3, 0.4) is 0 Å². The van der Waals surface area contributed by atoms with E-state index in [1.54, 1.807) is 17.1 Å². The molecule has 1 atom stereocenters. The summed E-state index contributed by atoms with van der Waals surface area (Å²) in [6.45, 7) is 4.06. The third-order valence-corrected chi connectivity index (χ3v) is 3.03. The van der Waals surface area contributed by atoms with E-state index in [-0.39, 0.29) is 11.9 Å². The lowest BCUT2D eigenvalue weighted by Gasteiger charge is -2.11. The van der Waals surface area contributed by atoms with Crippen molar-refractivity contribution in [3.63, 3.8) is 0 Å². The van der Waals surface area contributed by atoms with Crippen molar-refractivity contribution in [1.29, 1.82) is 0 Å². The Morgan fingerprint density at radius 3 is 2.65 bits per heavy atom. The van der Waals surface area contributed by atoms with E-state index in [0.717, 1.165) is 5.56 Å². The van der Waals surface area contributed by atoms with Gasteiger partial charge < -0.3 is 11.1 Å². The number of nitrogens with two attached hydrogens (primary N) is 1. The molecule has 0 unspecified atom stereocenters. The zero-order chi connectivity index (χ0) is 14.5. The topological polar surface area (TPSA) is 72.9 Å². The molecule has 20 heavy (non-hydrogen) atoms. The van der Waals surface area contributed by atoms with Gasteiger partial charge in [0, 0.05) is 12.2 Å². The second-order valence-electron chi connectivity index (χ2n) is 5.09. The zero-order valence-electron chi connectivity index (χ0n) is 11.8. The van der Waals surface area contributed by atoms with E-state index in [1.807, 2.05) is 44.2 Å². The SMILES string of the molecule is CC(C)n1cc(NC(=O)[C@H](N)Cc2ccccc2)cn1. The fourth-order valence-corrected chi connectivity index (χ4v) is 1.88. The number of carbonyl (C=O) groups excluding carboxylic acids is 1. The quantitative estimate of drug-likeness (QED) is 0.874. The van der Waals surface area contributed by atoms with E-state index < -0.39 is 6.04 Å². The third-order valence-electron chi connectivity index (χ3n) is 3.03. The van der Waals surface area contributed by atoms with Crippen molar-refractivity contribution in [2.24, 2.45) is 5.73 Å². The number of aromatic nitrogens is 2. The van der Waals surface area contributed by atoms with E-state index in [9.17, 15) is 4.79 Å². The first-order valence-electron chi connectivity index (χ1n) is 6.71. The van der Waals surface area contributed by atoms with Crippen molar-refractivity contribution in [3.8, 4) is 0 Å². The molecule has 1 aromatic carbocycles. The normalized spacial score (nSPS) is 12.4. The Labute approximate surface area is 118 Å². The van der Waals surface area contributed by atoms with Crippen molar-refractivity contribution < 1.29 is 4.79 Å². The minimum atomic E-state index is -0.570. The van der Waals surface area contributed by atoms with Crippen LogP contribution >= 0.6 is 0 Å².